The molecule has 0 spiro atoms. The molecular weight excluding hydrogens is 423 g/mol. The molecule has 0 saturated carbocycles. The molecule has 28 heavy (non-hydrogen) atoms. The van der Waals surface area contributed by atoms with Crippen molar-refractivity contribution in [3.05, 3.63) is 56.8 Å². The van der Waals surface area contributed by atoms with Gasteiger partial charge in [0, 0.05) is 5.02 Å². The minimum atomic E-state index is -0.496. The van der Waals surface area contributed by atoms with Gasteiger partial charge >= 0.3 is 5.97 Å². The van der Waals surface area contributed by atoms with Crippen molar-refractivity contribution in [2.24, 2.45) is 4.99 Å². The summed E-state index contributed by atoms with van der Waals surface area (Å²) in [7, 11) is 1.48. The number of methoxy groups -OCH3 is 1. The summed E-state index contributed by atoms with van der Waals surface area (Å²) in [6.07, 6.45) is 0. The van der Waals surface area contributed by atoms with Crippen LogP contribution < -0.4 is 9.54 Å². The van der Waals surface area contributed by atoms with Gasteiger partial charge in [0.2, 0.25) is 0 Å². The molecule has 3 aromatic rings. The molecule has 1 aromatic heterocycles. The first-order valence-corrected chi connectivity index (χ1v) is 9.88. The third-order valence-corrected chi connectivity index (χ3v) is 5.35. The molecule has 0 radical (unpaired) electrons. The highest BCUT2D eigenvalue weighted by atomic mass is 35.5. The maximum absolute atomic E-state index is 12.8. The Morgan fingerprint density at radius 3 is 2.68 bits per heavy atom. The number of hydrogen-bond donors (Lipinski definition) is 0. The van der Waals surface area contributed by atoms with E-state index in [0.29, 0.717) is 36.4 Å². The molecule has 0 aliphatic heterocycles. The number of fused-ring (bicyclic) bond motifs is 1. The number of nitrogens with zero attached hydrogens (tertiary/aromatic N) is 2. The van der Waals surface area contributed by atoms with E-state index >= 15 is 0 Å². The summed E-state index contributed by atoms with van der Waals surface area (Å²) >= 11 is 13.6. The number of esters is 1. The second-order valence-electron chi connectivity index (χ2n) is 5.63. The van der Waals surface area contributed by atoms with Crippen LogP contribution in [0.4, 0.5) is 0 Å². The van der Waals surface area contributed by atoms with Crippen molar-refractivity contribution in [2.75, 3.05) is 13.7 Å². The lowest BCUT2D eigenvalue weighted by molar-refractivity contribution is -0.143. The molecule has 0 fully saturated rings. The van der Waals surface area contributed by atoms with Crippen LogP contribution in [0.3, 0.4) is 0 Å². The van der Waals surface area contributed by atoms with Crippen molar-refractivity contribution < 1.29 is 19.1 Å². The molecular formula is C19H16Cl2N2O4S. The molecule has 0 atom stereocenters. The van der Waals surface area contributed by atoms with E-state index in [4.69, 9.17) is 32.7 Å². The minimum absolute atomic E-state index is 0.132. The topological polar surface area (TPSA) is 69.9 Å². The van der Waals surface area contributed by atoms with Crippen LogP contribution in [0.25, 0.3) is 10.2 Å². The Kier molecular flexibility index (Phi) is 6.39. The summed E-state index contributed by atoms with van der Waals surface area (Å²) in [6, 6.07) is 10.1. The first-order valence-electron chi connectivity index (χ1n) is 8.30. The van der Waals surface area contributed by atoms with Crippen LogP contribution in [-0.4, -0.2) is 30.2 Å². The lowest BCUT2D eigenvalue weighted by Gasteiger charge is -2.07. The van der Waals surface area contributed by atoms with E-state index in [2.05, 4.69) is 4.99 Å². The molecule has 0 aliphatic rings. The normalized spacial score (nSPS) is 11.6. The molecule has 0 N–H and O–H groups in total. The largest absolute Gasteiger partial charge is 0.496 e. The Labute approximate surface area is 174 Å². The Balaban J connectivity index is 2.18. The van der Waals surface area contributed by atoms with Gasteiger partial charge in [-0.1, -0.05) is 46.7 Å². The van der Waals surface area contributed by atoms with Crippen LogP contribution in [0.5, 0.6) is 5.75 Å². The minimum Gasteiger partial charge on any atom is -0.496 e. The van der Waals surface area contributed by atoms with Crippen LogP contribution in [0.2, 0.25) is 10.0 Å². The van der Waals surface area contributed by atoms with E-state index in [-0.39, 0.29) is 13.2 Å². The van der Waals surface area contributed by atoms with E-state index in [9.17, 15) is 9.59 Å². The molecule has 6 nitrogen and oxygen atoms in total. The lowest BCUT2D eigenvalue weighted by Crippen LogP contribution is -2.23. The number of ether oxygens (including phenoxy) is 2. The summed E-state index contributed by atoms with van der Waals surface area (Å²) in [5.41, 5.74) is 0.880. The number of rotatable bonds is 5. The lowest BCUT2D eigenvalue weighted by atomic mass is 10.2. The highest BCUT2D eigenvalue weighted by Gasteiger charge is 2.17. The maximum Gasteiger partial charge on any atom is 0.326 e. The fourth-order valence-electron chi connectivity index (χ4n) is 2.67. The Morgan fingerprint density at radius 1 is 1.21 bits per heavy atom. The number of hydrogen-bond acceptors (Lipinski definition) is 5. The molecule has 0 aliphatic carbocycles. The van der Waals surface area contributed by atoms with Crippen LogP contribution in [0, 0.1) is 0 Å². The first kappa shape index (κ1) is 20.4. The maximum atomic E-state index is 12.8. The molecule has 9 heteroatoms. The molecule has 0 saturated heterocycles. The van der Waals surface area contributed by atoms with Crippen LogP contribution in [-0.2, 0) is 16.1 Å². The van der Waals surface area contributed by atoms with Gasteiger partial charge in [-0.2, -0.15) is 4.99 Å². The summed E-state index contributed by atoms with van der Waals surface area (Å²) in [6.45, 7) is 1.83. The SMILES string of the molecule is CCOC(=O)Cn1c(=NC(=O)c2ccccc2OC)sc2cc(Cl)cc(Cl)c21. The van der Waals surface area contributed by atoms with Crippen molar-refractivity contribution in [1.82, 2.24) is 4.57 Å². The molecule has 1 amide bonds. The second kappa shape index (κ2) is 8.77. The van der Waals surface area contributed by atoms with E-state index in [1.807, 2.05) is 0 Å². The van der Waals surface area contributed by atoms with Crippen LogP contribution in [0.15, 0.2) is 41.4 Å². The van der Waals surface area contributed by atoms with Gasteiger partial charge in [-0.15, -0.1) is 0 Å². The predicted molar refractivity (Wildman–Crippen MR) is 109 cm³/mol. The molecule has 1 heterocycles. The van der Waals surface area contributed by atoms with Gasteiger partial charge < -0.3 is 14.0 Å². The third kappa shape index (κ3) is 4.22. The van der Waals surface area contributed by atoms with E-state index in [0.717, 1.165) is 0 Å². The van der Waals surface area contributed by atoms with Crippen molar-refractivity contribution in [3.63, 3.8) is 0 Å². The van der Waals surface area contributed by atoms with Crippen LogP contribution >= 0.6 is 34.5 Å². The number of para-hydroxylation sites is 1. The smallest absolute Gasteiger partial charge is 0.326 e. The Hall–Kier alpha value is -2.35. The van der Waals surface area contributed by atoms with E-state index in [1.165, 1.54) is 18.4 Å². The van der Waals surface area contributed by atoms with Gasteiger partial charge in [-0.05, 0) is 31.2 Å². The number of benzene rings is 2. The quantitative estimate of drug-likeness (QED) is 0.556. The predicted octanol–water partition coefficient (Wildman–Crippen LogP) is 4.32. The zero-order chi connectivity index (χ0) is 20.3. The van der Waals surface area contributed by atoms with Gasteiger partial charge in [-0.25, -0.2) is 0 Å². The fourth-order valence-corrected chi connectivity index (χ4v) is 4.48. The number of carbonyl (C=O) groups excluding carboxylic acids is 2. The molecule has 0 unspecified atom stereocenters. The third-order valence-electron chi connectivity index (χ3n) is 3.82. The van der Waals surface area contributed by atoms with Crippen molar-refractivity contribution in [1.29, 1.82) is 0 Å². The Morgan fingerprint density at radius 2 is 1.96 bits per heavy atom. The Bertz CT molecular complexity index is 1120. The number of halogens is 2. The number of aromatic nitrogens is 1. The van der Waals surface area contributed by atoms with Gasteiger partial charge in [-0.3, -0.25) is 9.59 Å². The number of thiazole rings is 1. The van der Waals surface area contributed by atoms with Gasteiger partial charge in [0.1, 0.15) is 12.3 Å². The van der Waals surface area contributed by atoms with E-state index in [1.54, 1.807) is 47.9 Å². The number of carbonyl (C=O) groups is 2. The van der Waals surface area contributed by atoms with Gasteiger partial charge in [0.15, 0.2) is 4.80 Å². The first-order chi connectivity index (χ1) is 13.4. The summed E-state index contributed by atoms with van der Waals surface area (Å²) in [5.74, 6) is -0.543. The van der Waals surface area contributed by atoms with Gasteiger partial charge in [0.25, 0.3) is 5.91 Å². The van der Waals surface area contributed by atoms with Crippen molar-refractivity contribution in [3.8, 4) is 5.75 Å². The molecule has 2 aromatic carbocycles. The fraction of sp³-hybridized carbons (Fsp3) is 0.211. The summed E-state index contributed by atoms with van der Waals surface area (Å²) in [5, 5.41) is 0.805. The summed E-state index contributed by atoms with van der Waals surface area (Å²) < 4.78 is 12.5. The standard InChI is InChI=1S/C19H16Cl2N2O4S/c1-3-27-16(24)10-23-17-13(21)8-11(20)9-15(17)28-19(23)22-18(25)12-6-4-5-7-14(12)26-2/h4-9H,3,10H2,1-2H3. The average Bonchev–Trinajstić information content (AvgIpc) is 2.98. The molecule has 3 rings (SSSR count). The van der Waals surface area contributed by atoms with Crippen LogP contribution in [0.1, 0.15) is 17.3 Å². The highest BCUT2D eigenvalue weighted by molar-refractivity contribution is 7.16. The number of amides is 1. The average molecular weight is 439 g/mol. The van der Waals surface area contributed by atoms with E-state index < -0.39 is 11.9 Å². The zero-order valence-corrected chi connectivity index (χ0v) is 17.4. The molecule has 0 bridgehead atoms. The van der Waals surface area contributed by atoms with Crippen molar-refractivity contribution >= 4 is 56.6 Å². The van der Waals surface area contributed by atoms with Gasteiger partial charge in [0.05, 0.1) is 34.5 Å². The second-order valence-corrected chi connectivity index (χ2v) is 7.48. The molecule has 146 valence electrons. The summed E-state index contributed by atoms with van der Waals surface area (Å²) in [4.78, 5) is 29.4. The van der Waals surface area contributed by atoms with Crippen molar-refractivity contribution in [2.45, 2.75) is 13.5 Å². The zero-order valence-electron chi connectivity index (χ0n) is 15.1. The monoisotopic (exact) mass is 438 g/mol. The highest BCUT2D eigenvalue weighted by Crippen LogP contribution is 2.30.